The van der Waals surface area contributed by atoms with E-state index < -0.39 is 42.9 Å². The highest BCUT2D eigenvalue weighted by Gasteiger charge is 2.49. The van der Waals surface area contributed by atoms with Crippen molar-refractivity contribution < 1.29 is 41.8 Å². The topological polar surface area (TPSA) is 201 Å². The van der Waals surface area contributed by atoms with Gasteiger partial charge in [0.25, 0.3) is 27.5 Å². The number of carbonyl (C=O) groups is 1. The van der Waals surface area contributed by atoms with Crippen molar-refractivity contribution in [2.75, 3.05) is 49.6 Å². The molecule has 10 rings (SSSR count). The number of pyridine rings is 1. The fourth-order valence-corrected chi connectivity index (χ4v) is 12.8. The molecule has 0 bridgehead atoms. The van der Waals surface area contributed by atoms with Gasteiger partial charge in [0.2, 0.25) is 0 Å². The number of nitro benzene ring substituents is 1. The first-order chi connectivity index (χ1) is 33.5. The standard InChI is InChI=1S/C52H62FN7O9S/c1-5-67-50-46(26-39-40(53)27-54-48(39)56-50)69-44-23-33(58-21-19-52(20-22-58)29-59(30-52)42-12-8-11-37(42)36-10-7-6-9-35(36)31(2)3)13-14-38(44)49(61)57-70(65,66)34-24-43(60(63)64)47-45(25-34)68-28-41(55-47)32-15-17-51(4,62)18-16-32/h6-7,9-10,13-14,23-27,31-32,37,41-42,55,62H,5,8,11-12,15-22,28-30H2,1-4H3,(H,54,56)(H,57,61)/t32?,37-,41+,42-,51?/m0/s1. The molecule has 1 spiro atoms. The van der Waals surface area contributed by atoms with Gasteiger partial charge < -0.3 is 34.5 Å². The zero-order chi connectivity index (χ0) is 49.1. The quantitative estimate of drug-likeness (QED) is 0.0643. The summed E-state index contributed by atoms with van der Waals surface area (Å²) in [7, 11) is -4.75. The van der Waals surface area contributed by atoms with Crippen LogP contribution in [0.2, 0.25) is 0 Å². The average molecular weight is 980 g/mol. The number of amides is 1. The molecule has 0 radical (unpaired) electrons. The van der Waals surface area contributed by atoms with E-state index in [1.165, 1.54) is 42.5 Å². The van der Waals surface area contributed by atoms with Gasteiger partial charge in [-0.1, -0.05) is 44.5 Å². The first kappa shape index (κ1) is 47.7. The zero-order valence-electron chi connectivity index (χ0n) is 40.1. The van der Waals surface area contributed by atoms with Crippen LogP contribution in [0.3, 0.4) is 0 Å². The molecule has 3 aliphatic heterocycles. The van der Waals surface area contributed by atoms with Gasteiger partial charge in [0.15, 0.2) is 17.2 Å². The number of piperidine rings is 1. The lowest BCUT2D eigenvalue weighted by molar-refractivity contribution is -0.384. The van der Waals surface area contributed by atoms with E-state index in [1.54, 1.807) is 26.0 Å². The molecule has 2 saturated heterocycles. The Kier molecular flexibility index (Phi) is 12.7. The second-order valence-corrected chi connectivity index (χ2v) is 22.4. The monoisotopic (exact) mass is 979 g/mol. The number of nitrogens with one attached hydrogen (secondary N) is 3. The highest BCUT2D eigenvalue weighted by Crippen LogP contribution is 2.50. The normalized spacial score (nSPS) is 24.4. The molecule has 16 nitrogen and oxygen atoms in total. The summed E-state index contributed by atoms with van der Waals surface area (Å²) in [4.78, 5) is 37.6. The third-order valence-electron chi connectivity index (χ3n) is 15.7. The number of benzene rings is 3. The van der Waals surface area contributed by atoms with E-state index in [-0.39, 0.29) is 76.0 Å². The van der Waals surface area contributed by atoms with Crippen molar-refractivity contribution >= 4 is 44.0 Å². The van der Waals surface area contributed by atoms with Crippen molar-refractivity contribution in [3.63, 3.8) is 0 Å². The van der Waals surface area contributed by atoms with Gasteiger partial charge in [-0.25, -0.2) is 17.5 Å². The van der Waals surface area contributed by atoms with Gasteiger partial charge in [0.1, 0.15) is 23.8 Å². The first-order valence-corrected chi connectivity index (χ1v) is 26.2. The molecule has 3 atom stereocenters. The van der Waals surface area contributed by atoms with Gasteiger partial charge in [-0.15, -0.1) is 0 Å². The van der Waals surface area contributed by atoms with Crippen LogP contribution in [0.25, 0.3) is 11.0 Å². The lowest BCUT2D eigenvalue weighted by Crippen LogP contribution is -2.63. The van der Waals surface area contributed by atoms with Crippen molar-refractivity contribution in [3.8, 4) is 23.1 Å². The van der Waals surface area contributed by atoms with Crippen molar-refractivity contribution in [1.29, 1.82) is 0 Å². The summed E-state index contributed by atoms with van der Waals surface area (Å²) in [6.45, 7) is 12.0. The Balaban J connectivity index is 0.890. The Labute approximate surface area is 407 Å². The Hall–Kier alpha value is -5.98. The number of nitrogens with zero attached hydrogens (tertiary/aromatic N) is 4. The van der Waals surface area contributed by atoms with Gasteiger partial charge in [-0.3, -0.25) is 19.8 Å². The fraction of sp³-hybridized carbons (Fsp3) is 0.500. The van der Waals surface area contributed by atoms with E-state index in [0.717, 1.165) is 63.0 Å². The highest BCUT2D eigenvalue weighted by molar-refractivity contribution is 7.90. The second-order valence-electron chi connectivity index (χ2n) is 20.7. The maximum Gasteiger partial charge on any atom is 0.297 e. The van der Waals surface area contributed by atoms with Crippen molar-refractivity contribution in [2.24, 2.45) is 11.3 Å². The van der Waals surface area contributed by atoms with Crippen molar-refractivity contribution in [1.82, 2.24) is 19.6 Å². The SMILES string of the molecule is CCOc1nc2[nH]cc(F)c2cc1Oc1cc(N2CCC3(CC2)CN([C@H]2CCC[C@H]2c2ccccc2C(C)C)C3)ccc1C(=O)NS(=O)(=O)c1cc2c(c([N+](=O)[O-])c1)N[C@@H](C1CCC(C)(O)CC1)CO2. The molecular formula is C52H62FN7O9S. The molecule has 5 heterocycles. The van der Waals surface area contributed by atoms with E-state index in [0.29, 0.717) is 43.6 Å². The number of anilines is 2. The Morgan fingerprint density at radius 2 is 1.80 bits per heavy atom. The maximum atomic E-state index is 14.9. The third-order valence-corrected chi connectivity index (χ3v) is 17.0. The molecule has 2 aliphatic carbocycles. The number of hydrogen-bond donors (Lipinski definition) is 4. The molecular weight excluding hydrogens is 918 g/mol. The average Bonchev–Trinajstić information content (AvgIpc) is 3.96. The molecule has 70 heavy (non-hydrogen) atoms. The first-order valence-electron chi connectivity index (χ1n) is 24.7. The predicted octanol–water partition coefficient (Wildman–Crippen LogP) is 9.40. The lowest BCUT2D eigenvalue weighted by atomic mass is 9.70. The molecule has 4 fully saturated rings. The number of aromatic nitrogens is 2. The van der Waals surface area contributed by atoms with Crippen LogP contribution in [-0.4, -0.2) is 96.3 Å². The molecule has 5 aliphatic rings. The van der Waals surface area contributed by atoms with Gasteiger partial charge in [0, 0.05) is 68.4 Å². The number of aliphatic hydroxyl groups is 1. The summed E-state index contributed by atoms with van der Waals surface area (Å²) in [5.41, 5.74) is 2.71. The minimum Gasteiger partial charge on any atom is -0.489 e. The molecule has 2 saturated carbocycles. The van der Waals surface area contributed by atoms with E-state index in [1.807, 2.05) is 0 Å². The maximum absolute atomic E-state index is 14.9. The van der Waals surface area contributed by atoms with Gasteiger partial charge in [-0.05, 0) is 112 Å². The minimum absolute atomic E-state index is 0.00201. The van der Waals surface area contributed by atoms with E-state index >= 15 is 0 Å². The lowest BCUT2D eigenvalue weighted by Gasteiger charge is -2.57. The smallest absolute Gasteiger partial charge is 0.297 e. The van der Waals surface area contributed by atoms with Crippen LogP contribution in [0.4, 0.5) is 21.5 Å². The molecule has 18 heteroatoms. The molecule has 1 amide bonds. The number of fused-ring (bicyclic) bond motifs is 2. The second kappa shape index (κ2) is 18.6. The summed E-state index contributed by atoms with van der Waals surface area (Å²) in [5.74, 6) is -0.593. The number of hydrogen-bond acceptors (Lipinski definition) is 13. The summed E-state index contributed by atoms with van der Waals surface area (Å²) < 4.78 is 63.4. The largest absolute Gasteiger partial charge is 0.489 e. The minimum atomic E-state index is -4.75. The van der Waals surface area contributed by atoms with E-state index in [9.17, 15) is 32.8 Å². The van der Waals surface area contributed by atoms with E-state index in [4.69, 9.17) is 14.2 Å². The van der Waals surface area contributed by atoms with Crippen LogP contribution in [0.1, 0.15) is 119 Å². The number of sulfonamides is 1. The van der Waals surface area contributed by atoms with Crippen LogP contribution in [-0.2, 0) is 10.0 Å². The molecule has 5 aromatic rings. The Morgan fingerprint density at radius 3 is 2.53 bits per heavy atom. The number of halogens is 1. The van der Waals surface area contributed by atoms with Crippen LogP contribution < -0.4 is 29.1 Å². The van der Waals surface area contributed by atoms with Gasteiger partial charge >= 0.3 is 0 Å². The number of carbonyl (C=O) groups excluding carboxylic acids is 1. The summed E-state index contributed by atoms with van der Waals surface area (Å²) in [6, 6.07) is 17.6. The number of rotatable bonds is 13. The third kappa shape index (κ3) is 9.25. The fourth-order valence-electron chi connectivity index (χ4n) is 11.8. The Morgan fingerprint density at radius 1 is 1.04 bits per heavy atom. The van der Waals surface area contributed by atoms with E-state index in [2.05, 4.69) is 67.9 Å². The van der Waals surface area contributed by atoms with Gasteiger partial charge in [0.05, 0.1) is 39.0 Å². The summed E-state index contributed by atoms with van der Waals surface area (Å²) >= 11 is 0. The Bertz CT molecular complexity index is 2920. The van der Waals surface area contributed by atoms with Crippen LogP contribution in [0, 0.1) is 27.3 Å². The molecule has 0 unspecified atom stereocenters. The number of ether oxygens (including phenoxy) is 3. The van der Waals surface area contributed by atoms with Crippen molar-refractivity contribution in [2.45, 2.75) is 120 Å². The van der Waals surface area contributed by atoms with Crippen LogP contribution in [0.5, 0.6) is 23.1 Å². The number of likely N-dealkylation sites (tertiary alicyclic amines) is 1. The van der Waals surface area contributed by atoms with Gasteiger partial charge in [-0.2, -0.15) is 4.98 Å². The predicted molar refractivity (Wildman–Crippen MR) is 263 cm³/mol. The highest BCUT2D eigenvalue weighted by atomic mass is 32.2. The number of nitro groups is 1. The van der Waals surface area contributed by atoms with Crippen LogP contribution >= 0.6 is 0 Å². The molecule has 3 aromatic carbocycles. The molecule has 372 valence electrons. The zero-order valence-corrected chi connectivity index (χ0v) is 40.9. The van der Waals surface area contributed by atoms with Crippen LogP contribution in [0.15, 0.2) is 71.8 Å². The molecule has 2 aromatic heterocycles. The molecule has 4 N–H and O–H groups in total. The summed E-state index contributed by atoms with van der Waals surface area (Å²) in [5, 5.41) is 26.3. The van der Waals surface area contributed by atoms with Crippen molar-refractivity contribution in [3.05, 3.63) is 99.5 Å². The number of aromatic amines is 1. The summed E-state index contributed by atoms with van der Waals surface area (Å²) in [6.07, 6.45) is 9.30. The number of H-pyrrole nitrogens is 1.